The number of pyridine rings is 1. The summed E-state index contributed by atoms with van der Waals surface area (Å²) in [6.07, 6.45) is 4.47. The van der Waals surface area contributed by atoms with Crippen LogP contribution in [0.5, 0.6) is 0 Å². The lowest BCUT2D eigenvalue weighted by Crippen LogP contribution is -2.45. The van der Waals surface area contributed by atoms with Crippen LogP contribution in [0.3, 0.4) is 0 Å². The number of urea groups is 1. The second kappa shape index (κ2) is 7.93. The zero-order valence-electron chi connectivity index (χ0n) is 13.9. The van der Waals surface area contributed by atoms with Crippen molar-refractivity contribution in [3.8, 4) is 0 Å². The summed E-state index contributed by atoms with van der Waals surface area (Å²) in [7, 11) is 0. The molecule has 1 saturated heterocycles. The van der Waals surface area contributed by atoms with Crippen molar-refractivity contribution in [2.75, 3.05) is 13.2 Å². The third-order valence-corrected chi connectivity index (χ3v) is 4.46. The summed E-state index contributed by atoms with van der Waals surface area (Å²) in [6, 6.07) is 12.0. The van der Waals surface area contributed by atoms with Gasteiger partial charge in [-0.2, -0.15) is 0 Å². The van der Waals surface area contributed by atoms with Gasteiger partial charge in [-0.1, -0.05) is 24.3 Å². The Hall–Kier alpha value is -2.40. The zero-order chi connectivity index (χ0) is 16.8. The summed E-state index contributed by atoms with van der Waals surface area (Å²) in [5.41, 5.74) is 3.52. The van der Waals surface area contributed by atoms with Crippen molar-refractivity contribution in [3.63, 3.8) is 0 Å². The van der Waals surface area contributed by atoms with Crippen LogP contribution in [0.25, 0.3) is 0 Å². The predicted octanol–water partition coefficient (Wildman–Crippen LogP) is 2.45. The highest BCUT2D eigenvalue weighted by atomic mass is 16.5. The van der Waals surface area contributed by atoms with Gasteiger partial charge in [0.2, 0.25) is 0 Å². The summed E-state index contributed by atoms with van der Waals surface area (Å²) in [4.78, 5) is 16.2. The van der Waals surface area contributed by atoms with E-state index in [1.54, 1.807) is 12.4 Å². The average molecular weight is 325 g/mol. The van der Waals surface area contributed by atoms with E-state index in [1.807, 2.05) is 43.3 Å². The molecule has 2 amide bonds. The van der Waals surface area contributed by atoms with E-state index < -0.39 is 0 Å². The van der Waals surface area contributed by atoms with Crippen molar-refractivity contribution in [1.29, 1.82) is 0 Å². The van der Waals surface area contributed by atoms with Gasteiger partial charge in [-0.15, -0.1) is 0 Å². The summed E-state index contributed by atoms with van der Waals surface area (Å²) in [5, 5.41) is 5.98. The maximum absolute atomic E-state index is 12.2. The molecule has 1 aliphatic heterocycles. The van der Waals surface area contributed by atoms with Gasteiger partial charge in [-0.05, 0) is 42.2 Å². The van der Waals surface area contributed by atoms with Gasteiger partial charge < -0.3 is 15.4 Å². The molecule has 5 nitrogen and oxygen atoms in total. The second-order valence-electron chi connectivity index (χ2n) is 6.22. The Balaban J connectivity index is 1.51. The van der Waals surface area contributed by atoms with Gasteiger partial charge in [0.25, 0.3) is 0 Å². The Labute approximate surface area is 142 Å². The molecule has 24 heavy (non-hydrogen) atoms. The number of nitrogens with one attached hydrogen (secondary N) is 2. The maximum Gasteiger partial charge on any atom is 0.315 e. The largest absolute Gasteiger partial charge is 0.379 e. The maximum atomic E-state index is 12.2. The molecule has 5 heteroatoms. The minimum atomic E-state index is -0.145. The van der Waals surface area contributed by atoms with E-state index in [0.717, 1.165) is 12.0 Å². The number of amides is 2. The SMILES string of the molecule is Cc1ccccc1CNC(=O)N[C@H]1COC[C@H]1Cc1ccncc1. The fourth-order valence-electron chi connectivity index (χ4n) is 2.98. The van der Waals surface area contributed by atoms with Crippen molar-refractivity contribution in [3.05, 3.63) is 65.5 Å². The number of benzene rings is 1. The highest BCUT2D eigenvalue weighted by Crippen LogP contribution is 2.19. The van der Waals surface area contributed by atoms with Crippen LogP contribution in [-0.4, -0.2) is 30.3 Å². The van der Waals surface area contributed by atoms with Gasteiger partial charge >= 0.3 is 6.03 Å². The fourth-order valence-corrected chi connectivity index (χ4v) is 2.98. The molecule has 3 rings (SSSR count). The number of nitrogens with zero attached hydrogens (tertiary/aromatic N) is 1. The third-order valence-electron chi connectivity index (χ3n) is 4.46. The number of carbonyl (C=O) groups is 1. The van der Waals surface area contributed by atoms with Crippen molar-refractivity contribution >= 4 is 6.03 Å². The van der Waals surface area contributed by atoms with Crippen LogP contribution in [0.2, 0.25) is 0 Å². The average Bonchev–Trinajstić information content (AvgIpc) is 3.02. The minimum Gasteiger partial charge on any atom is -0.379 e. The van der Waals surface area contributed by atoms with E-state index in [0.29, 0.717) is 19.8 Å². The number of hydrogen-bond donors (Lipinski definition) is 2. The molecule has 2 N–H and O–H groups in total. The van der Waals surface area contributed by atoms with Crippen LogP contribution in [0.4, 0.5) is 4.79 Å². The van der Waals surface area contributed by atoms with Crippen LogP contribution >= 0.6 is 0 Å². The van der Waals surface area contributed by atoms with E-state index in [1.165, 1.54) is 11.1 Å². The lowest BCUT2D eigenvalue weighted by atomic mass is 9.95. The van der Waals surface area contributed by atoms with Gasteiger partial charge in [0, 0.05) is 24.9 Å². The van der Waals surface area contributed by atoms with Gasteiger partial charge in [0.15, 0.2) is 0 Å². The van der Waals surface area contributed by atoms with Crippen LogP contribution in [0.15, 0.2) is 48.8 Å². The number of aryl methyl sites for hydroxylation is 1. The number of carbonyl (C=O) groups excluding carboxylic acids is 1. The molecule has 0 unspecified atom stereocenters. The van der Waals surface area contributed by atoms with Crippen LogP contribution in [0, 0.1) is 12.8 Å². The molecule has 1 aromatic heterocycles. The summed E-state index contributed by atoms with van der Waals surface area (Å²) < 4.78 is 5.57. The molecule has 1 fully saturated rings. The summed E-state index contributed by atoms with van der Waals surface area (Å²) >= 11 is 0. The van der Waals surface area contributed by atoms with E-state index in [9.17, 15) is 4.79 Å². The van der Waals surface area contributed by atoms with Crippen molar-refractivity contribution in [2.24, 2.45) is 5.92 Å². The summed E-state index contributed by atoms with van der Waals surface area (Å²) in [6.45, 7) is 3.81. The van der Waals surface area contributed by atoms with Gasteiger partial charge in [-0.25, -0.2) is 4.79 Å². The van der Waals surface area contributed by atoms with Crippen molar-refractivity contribution in [2.45, 2.75) is 25.9 Å². The Kier molecular flexibility index (Phi) is 5.43. The van der Waals surface area contributed by atoms with Crippen LogP contribution in [0.1, 0.15) is 16.7 Å². The molecule has 1 aliphatic rings. The van der Waals surface area contributed by atoms with E-state index >= 15 is 0 Å². The molecule has 2 heterocycles. The molecule has 0 spiro atoms. The standard InChI is InChI=1S/C19H23N3O2/c1-14-4-2-3-5-16(14)11-21-19(23)22-18-13-24-12-17(18)10-15-6-8-20-9-7-15/h2-9,17-18H,10-13H2,1H3,(H2,21,22,23)/t17-,18+/m1/s1. The molecule has 0 saturated carbocycles. The van der Waals surface area contributed by atoms with Crippen molar-refractivity contribution < 1.29 is 9.53 Å². The first-order chi connectivity index (χ1) is 11.7. The first kappa shape index (κ1) is 16.5. The topological polar surface area (TPSA) is 63.2 Å². The molecule has 0 aliphatic carbocycles. The first-order valence-corrected chi connectivity index (χ1v) is 8.28. The number of aromatic nitrogens is 1. The van der Waals surface area contributed by atoms with E-state index in [-0.39, 0.29) is 18.0 Å². The monoisotopic (exact) mass is 325 g/mol. The molecular formula is C19H23N3O2. The number of ether oxygens (including phenoxy) is 1. The van der Waals surface area contributed by atoms with Crippen LogP contribution in [-0.2, 0) is 17.7 Å². The molecular weight excluding hydrogens is 302 g/mol. The Morgan fingerprint density at radius 1 is 1.21 bits per heavy atom. The molecule has 0 bridgehead atoms. The molecule has 2 atom stereocenters. The van der Waals surface area contributed by atoms with Crippen LogP contribution < -0.4 is 10.6 Å². The normalized spacial score (nSPS) is 19.9. The highest BCUT2D eigenvalue weighted by Gasteiger charge is 2.29. The summed E-state index contributed by atoms with van der Waals surface area (Å²) in [5.74, 6) is 0.289. The third kappa shape index (κ3) is 4.32. The Morgan fingerprint density at radius 2 is 2.00 bits per heavy atom. The molecule has 126 valence electrons. The van der Waals surface area contributed by atoms with Gasteiger partial charge in [-0.3, -0.25) is 4.98 Å². The minimum absolute atomic E-state index is 0.0371. The van der Waals surface area contributed by atoms with Crippen molar-refractivity contribution in [1.82, 2.24) is 15.6 Å². The first-order valence-electron chi connectivity index (χ1n) is 8.28. The quantitative estimate of drug-likeness (QED) is 0.887. The van der Waals surface area contributed by atoms with E-state index in [4.69, 9.17) is 4.74 Å². The lowest BCUT2D eigenvalue weighted by molar-refractivity contribution is 0.182. The molecule has 2 aromatic rings. The van der Waals surface area contributed by atoms with E-state index in [2.05, 4.69) is 15.6 Å². The highest BCUT2D eigenvalue weighted by molar-refractivity contribution is 5.74. The zero-order valence-corrected chi connectivity index (χ0v) is 13.9. The lowest BCUT2D eigenvalue weighted by Gasteiger charge is -2.19. The number of rotatable bonds is 5. The van der Waals surface area contributed by atoms with Gasteiger partial charge in [0.05, 0.1) is 19.3 Å². The molecule has 0 radical (unpaired) electrons. The second-order valence-corrected chi connectivity index (χ2v) is 6.22. The Bertz CT molecular complexity index is 675. The number of hydrogen-bond acceptors (Lipinski definition) is 3. The molecule has 1 aromatic carbocycles. The smallest absolute Gasteiger partial charge is 0.315 e. The van der Waals surface area contributed by atoms with Gasteiger partial charge in [0.1, 0.15) is 0 Å². The fraction of sp³-hybridized carbons (Fsp3) is 0.368. The predicted molar refractivity (Wildman–Crippen MR) is 92.6 cm³/mol. The Morgan fingerprint density at radius 3 is 2.79 bits per heavy atom.